The second kappa shape index (κ2) is 7.07. The van der Waals surface area contributed by atoms with Gasteiger partial charge in [-0.25, -0.2) is 5.10 Å². The number of ether oxygens (including phenoxy) is 1. The van der Waals surface area contributed by atoms with Crippen molar-refractivity contribution in [2.24, 2.45) is 0 Å². The van der Waals surface area contributed by atoms with Gasteiger partial charge in [0, 0.05) is 12.0 Å². The van der Waals surface area contributed by atoms with Gasteiger partial charge in [0.15, 0.2) is 0 Å². The summed E-state index contributed by atoms with van der Waals surface area (Å²) in [5, 5.41) is 7.53. The Kier molecular flexibility index (Phi) is 4.88. The predicted molar refractivity (Wildman–Crippen MR) is 95.4 cm³/mol. The Bertz CT molecular complexity index is 938. The van der Waals surface area contributed by atoms with E-state index >= 15 is 0 Å². The molecule has 2 aromatic carbocycles. The van der Waals surface area contributed by atoms with E-state index in [0.717, 1.165) is 11.3 Å². The lowest BCUT2D eigenvalue weighted by molar-refractivity contribution is 0.482. The predicted octanol–water partition coefficient (Wildman–Crippen LogP) is 4.77. The van der Waals surface area contributed by atoms with Crippen molar-refractivity contribution < 1.29 is 4.74 Å². The number of hydrogen-bond acceptors (Lipinski definition) is 3. The fourth-order valence-corrected chi connectivity index (χ4v) is 2.57. The van der Waals surface area contributed by atoms with Crippen molar-refractivity contribution in [1.82, 2.24) is 10.2 Å². The lowest BCUT2D eigenvalue weighted by atomic mass is 10.1. The Morgan fingerprint density at radius 1 is 1.04 bits per heavy atom. The molecule has 0 unspecified atom stereocenters. The molecule has 1 N–H and O–H groups in total. The number of para-hydroxylation sites is 1. The zero-order valence-electron chi connectivity index (χ0n) is 12.8. The van der Waals surface area contributed by atoms with Gasteiger partial charge < -0.3 is 4.74 Å². The molecule has 0 saturated heterocycles. The lowest BCUT2D eigenvalue weighted by Crippen LogP contribution is -2.12. The molecule has 0 aliphatic heterocycles. The average molecular weight is 361 g/mol. The van der Waals surface area contributed by atoms with Crippen molar-refractivity contribution in [3.05, 3.63) is 85.8 Å². The number of aryl methyl sites for hydroxylation is 1. The molecule has 0 aliphatic rings. The van der Waals surface area contributed by atoms with Gasteiger partial charge in [-0.3, -0.25) is 4.79 Å². The number of rotatable bonds is 4. The highest BCUT2D eigenvalue weighted by molar-refractivity contribution is 6.32. The zero-order chi connectivity index (χ0) is 17.1. The second-order valence-corrected chi connectivity index (χ2v) is 6.16. The Hall–Kier alpha value is -2.30. The number of benzene rings is 2. The molecule has 1 aromatic heterocycles. The van der Waals surface area contributed by atoms with E-state index in [9.17, 15) is 4.79 Å². The van der Waals surface area contributed by atoms with Gasteiger partial charge in [-0.05, 0) is 42.8 Å². The Labute approximate surface area is 149 Å². The minimum atomic E-state index is -0.183. The number of hydrogen-bond donors (Lipinski definition) is 1. The summed E-state index contributed by atoms with van der Waals surface area (Å²) in [5.74, 6) is 1.06. The normalized spacial score (nSPS) is 10.6. The molecule has 0 aliphatic carbocycles. The first-order valence-electron chi connectivity index (χ1n) is 7.29. The number of H-pyrrole nitrogens is 1. The molecule has 4 nitrogen and oxygen atoms in total. The number of aromatic amines is 1. The van der Waals surface area contributed by atoms with Crippen LogP contribution in [0.25, 0.3) is 0 Å². The summed E-state index contributed by atoms with van der Waals surface area (Å²) in [5.41, 5.74) is 2.16. The monoisotopic (exact) mass is 360 g/mol. The first-order valence-corrected chi connectivity index (χ1v) is 8.04. The highest BCUT2D eigenvalue weighted by Crippen LogP contribution is 2.34. The molecule has 0 fully saturated rings. The molecule has 122 valence electrons. The first kappa shape index (κ1) is 16.6. The van der Waals surface area contributed by atoms with Crippen molar-refractivity contribution in [3.63, 3.8) is 0 Å². The van der Waals surface area contributed by atoms with E-state index in [4.69, 9.17) is 27.9 Å². The second-order valence-electron chi connectivity index (χ2n) is 5.35. The van der Waals surface area contributed by atoms with Crippen LogP contribution in [-0.2, 0) is 6.42 Å². The minimum Gasteiger partial charge on any atom is -0.454 e. The molecule has 3 rings (SSSR count). The highest BCUT2D eigenvalue weighted by atomic mass is 35.5. The van der Waals surface area contributed by atoms with Crippen molar-refractivity contribution in [1.29, 1.82) is 0 Å². The summed E-state index contributed by atoms with van der Waals surface area (Å²) in [6, 6.07) is 14.5. The summed E-state index contributed by atoms with van der Waals surface area (Å²) in [6.07, 6.45) is 0.549. The fraction of sp³-hybridized carbons (Fsp3) is 0.111. The van der Waals surface area contributed by atoms with Crippen molar-refractivity contribution >= 4 is 23.2 Å². The fourth-order valence-electron chi connectivity index (χ4n) is 2.24. The molecule has 24 heavy (non-hydrogen) atoms. The highest BCUT2D eigenvalue weighted by Gasteiger charge is 2.09. The minimum absolute atomic E-state index is 0.183. The zero-order valence-corrected chi connectivity index (χ0v) is 14.4. The van der Waals surface area contributed by atoms with Gasteiger partial charge in [-0.2, -0.15) is 5.10 Å². The summed E-state index contributed by atoms with van der Waals surface area (Å²) in [7, 11) is 0. The molecule has 0 bridgehead atoms. The van der Waals surface area contributed by atoms with E-state index in [0.29, 0.717) is 33.5 Å². The number of nitrogens with zero attached hydrogens (tertiary/aromatic N) is 1. The van der Waals surface area contributed by atoms with Crippen molar-refractivity contribution in [2.75, 3.05) is 0 Å². The van der Waals surface area contributed by atoms with Crippen LogP contribution in [0.2, 0.25) is 10.0 Å². The van der Waals surface area contributed by atoms with E-state index < -0.39 is 0 Å². The molecule has 1 heterocycles. The lowest BCUT2D eigenvalue weighted by Gasteiger charge is -2.11. The SMILES string of the molecule is Cc1cc(Cc2ccc(Cl)c(Oc3ccccc3Cl)c2)n[nH]c1=O. The molecular formula is C18H14Cl2N2O2. The number of nitrogens with one attached hydrogen (secondary N) is 1. The van der Waals surface area contributed by atoms with Gasteiger partial charge in [0.2, 0.25) is 0 Å². The largest absolute Gasteiger partial charge is 0.454 e. The molecule has 0 atom stereocenters. The smallest absolute Gasteiger partial charge is 0.267 e. The summed E-state index contributed by atoms with van der Waals surface area (Å²) >= 11 is 12.3. The van der Waals surface area contributed by atoms with E-state index in [1.165, 1.54) is 0 Å². The summed E-state index contributed by atoms with van der Waals surface area (Å²) in [4.78, 5) is 11.4. The van der Waals surface area contributed by atoms with Gasteiger partial charge in [0.05, 0.1) is 15.7 Å². The van der Waals surface area contributed by atoms with E-state index in [-0.39, 0.29) is 5.56 Å². The summed E-state index contributed by atoms with van der Waals surface area (Å²) in [6.45, 7) is 1.75. The van der Waals surface area contributed by atoms with Crippen LogP contribution in [0.1, 0.15) is 16.8 Å². The van der Waals surface area contributed by atoms with Crippen LogP contribution in [0, 0.1) is 6.92 Å². The van der Waals surface area contributed by atoms with E-state index in [2.05, 4.69) is 10.2 Å². The van der Waals surface area contributed by atoms with Gasteiger partial charge >= 0.3 is 0 Å². The quantitative estimate of drug-likeness (QED) is 0.728. The van der Waals surface area contributed by atoms with Crippen LogP contribution in [-0.4, -0.2) is 10.2 Å². The van der Waals surface area contributed by atoms with Crippen molar-refractivity contribution in [2.45, 2.75) is 13.3 Å². The van der Waals surface area contributed by atoms with Crippen LogP contribution in [0.15, 0.2) is 53.3 Å². The Morgan fingerprint density at radius 3 is 2.54 bits per heavy atom. The Morgan fingerprint density at radius 2 is 1.79 bits per heavy atom. The molecule has 6 heteroatoms. The van der Waals surface area contributed by atoms with Gasteiger partial charge in [0.1, 0.15) is 11.5 Å². The molecule has 3 aromatic rings. The van der Waals surface area contributed by atoms with Crippen molar-refractivity contribution in [3.8, 4) is 11.5 Å². The van der Waals surface area contributed by atoms with Gasteiger partial charge in [-0.1, -0.05) is 41.4 Å². The van der Waals surface area contributed by atoms with Gasteiger partial charge in [0.25, 0.3) is 5.56 Å². The van der Waals surface area contributed by atoms with Gasteiger partial charge in [-0.15, -0.1) is 0 Å². The number of halogens is 2. The molecular weight excluding hydrogens is 347 g/mol. The molecule has 0 amide bonds. The third kappa shape index (κ3) is 3.78. The van der Waals surface area contributed by atoms with Crippen LogP contribution >= 0.6 is 23.2 Å². The maximum atomic E-state index is 11.4. The van der Waals surface area contributed by atoms with Crippen LogP contribution in [0.5, 0.6) is 11.5 Å². The van der Waals surface area contributed by atoms with E-state index in [1.54, 1.807) is 31.2 Å². The Balaban J connectivity index is 1.87. The molecule has 0 saturated carbocycles. The maximum Gasteiger partial charge on any atom is 0.267 e. The third-order valence-corrected chi connectivity index (χ3v) is 4.10. The molecule has 0 radical (unpaired) electrons. The standard InChI is InChI=1S/C18H14Cl2N2O2/c1-11-8-13(21-22-18(11)23)9-12-6-7-15(20)17(10-12)24-16-5-3-2-4-14(16)19/h2-8,10H,9H2,1H3,(H,22,23). The van der Waals surface area contributed by atoms with Crippen LogP contribution in [0.3, 0.4) is 0 Å². The number of aromatic nitrogens is 2. The maximum absolute atomic E-state index is 11.4. The summed E-state index contributed by atoms with van der Waals surface area (Å²) < 4.78 is 5.82. The van der Waals surface area contributed by atoms with E-state index in [1.807, 2.05) is 24.3 Å². The first-order chi connectivity index (χ1) is 11.5. The molecule has 0 spiro atoms. The third-order valence-electron chi connectivity index (χ3n) is 3.48. The topological polar surface area (TPSA) is 55.0 Å². The van der Waals surface area contributed by atoms with Crippen LogP contribution in [0.4, 0.5) is 0 Å². The van der Waals surface area contributed by atoms with Crippen LogP contribution < -0.4 is 10.3 Å². The average Bonchev–Trinajstić information content (AvgIpc) is 2.56.